The fraction of sp³-hybridized carbons (Fsp3) is 0.348. The maximum atomic E-state index is 5.73. The molecule has 29 heavy (non-hydrogen) atoms. The SMILES string of the molecule is COc1ccc(-c2nc(CN3CCC[C@@H]3c3ccc(OC)cc3OC)co2)cc1. The zero-order chi connectivity index (χ0) is 20.2. The van der Waals surface area contributed by atoms with Gasteiger partial charge in [-0.05, 0) is 49.7 Å². The van der Waals surface area contributed by atoms with E-state index < -0.39 is 0 Å². The summed E-state index contributed by atoms with van der Waals surface area (Å²) in [5.74, 6) is 3.10. The molecule has 152 valence electrons. The van der Waals surface area contributed by atoms with Crippen LogP contribution in [0.5, 0.6) is 17.2 Å². The lowest BCUT2D eigenvalue weighted by Crippen LogP contribution is -2.23. The Kier molecular flexibility index (Phi) is 5.71. The van der Waals surface area contributed by atoms with E-state index in [4.69, 9.17) is 23.6 Å². The van der Waals surface area contributed by atoms with Crippen molar-refractivity contribution in [2.45, 2.75) is 25.4 Å². The minimum atomic E-state index is 0.289. The number of oxazole rings is 1. The Bertz CT molecular complexity index is 952. The number of hydrogen-bond donors (Lipinski definition) is 0. The van der Waals surface area contributed by atoms with Crippen LogP contribution < -0.4 is 14.2 Å². The van der Waals surface area contributed by atoms with Crippen molar-refractivity contribution < 1.29 is 18.6 Å². The molecule has 0 N–H and O–H groups in total. The molecular formula is C23H26N2O4. The van der Waals surface area contributed by atoms with Crippen molar-refractivity contribution in [2.24, 2.45) is 0 Å². The second-order valence-corrected chi connectivity index (χ2v) is 7.11. The van der Waals surface area contributed by atoms with Crippen LogP contribution in [-0.4, -0.2) is 37.8 Å². The Labute approximate surface area is 171 Å². The van der Waals surface area contributed by atoms with Gasteiger partial charge < -0.3 is 18.6 Å². The molecule has 0 radical (unpaired) electrons. The van der Waals surface area contributed by atoms with Crippen LogP contribution in [0.25, 0.3) is 11.5 Å². The zero-order valence-corrected chi connectivity index (χ0v) is 17.1. The van der Waals surface area contributed by atoms with Crippen molar-refractivity contribution >= 4 is 0 Å². The van der Waals surface area contributed by atoms with Crippen molar-refractivity contribution in [3.8, 4) is 28.7 Å². The van der Waals surface area contributed by atoms with E-state index in [1.165, 1.54) is 5.56 Å². The number of nitrogens with zero attached hydrogens (tertiary/aromatic N) is 2. The van der Waals surface area contributed by atoms with Gasteiger partial charge in [0.15, 0.2) is 0 Å². The average Bonchev–Trinajstić information content (AvgIpc) is 3.43. The lowest BCUT2D eigenvalue weighted by atomic mass is 10.0. The van der Waals surface area contributed by atoms with Crippen LogP contribution in [0.1, 0.15) is 30.1 Å². The molecule has 6 nitrogen and oxygen atoms in total. The molecule has 0 unspecified atom stereocenters. The summed E-state index contributed by atoms with van der Waals surface area (Å²) in [6, 6.07) is 14.1. The van der Waals surface area contributed by atoms with Gasteiger partial charge in [0.1, 0.15) is 23.5 Å². The van der Waals surface area contributed by atoms with E-state index in [0.717, 1.165) is 54.4 Å². The highest BCUT2D eigenvalue weighted by Gasteiger charge is 2.29. The third kappa shape index (κ3) is 4.07. The minimum absolute atomic E-state index is 0.289. The van der Waals surface area contributed by atoms with Gasteiger partial charge >= 0.3 is 0 Å². The molecule has 1 fully saturated rings. The van der Waals surface area contributed by atoms with E-state index in [0.29, 0.717) is 5.89 Å². The lowest BCUT2D eigenvalue weighted by Gasteiger charge is -2.25. The molecule has 2 heterocycles. The Balaban J connectivity index is 1.51. The molecule has 0 aliphatic carbocycles. The number of hydrogen-bond acceptors (Lipinski definition) is 6. The summed E-state index contributed by atoms with van der Waals surface area (Å²) >= 11 is 0. The number of rotatable bonds is 7. The van der Waals surface area contributed by atoms with Gasteiger partial charge in [0.05, 0.1) is 27.0 Å². The Morgan fingerprint density at radius 2 is 1.76 bits per heavy atom. The zero-order valence-electron chi connectivity index (χ0n) is 17.1. The van der Waals surface area contributed by atoms with Crippen molar-refractivity contribution in [1.29, 1.82) is 0 Å². The predicted molar refractivity (Wildman–Crippen MR) is 110 cm³/mol. The molecule has 6 heteroatoms. The highest BCUT2D eigenvalue weighted by Crippen LogP contribution is 2.39. The smallest absolute Gasteiger partial charge is 0.226 e. The van der Waals surface area contributed by atoms with E-state index in [2.05, 4.69) is 11.0 Å². The summed E-state index contributed by atoms with van der Waals surface area (Å²) < 4.78 is 21.9. The van der Waals surface area contributed by atoms with Crippen molar-refractivity contribution in [2.75, 3.05) is 27.9 Å². The Morgan fingerprint density at radius 3 is 2.48 bits per heavy atom. The summed E-state index contributed by atoms with van der Waals surface area (Å²) in [5, 5.41) is 0. The van der Waals surface area contributed by atoms with Crippen LogP contribution >= 0.6 is 0 Å². The average molecular weight is 394 g/mol. The normalized spacial score (nSPS) is 16.7. The van der Waals surface area contributed by atoms with Crippen LogP contribution in [-0.2, 0) is 6.54 Å². The Hall–Kier alpha value is -2.99. The summed E-state index contributed by atoms with van der Waals surface area (Å²) in [4.78, 5) is 7.13. The number of aromatic nitrogens is 1. The second-order valence-electron chi connectivity index (χ2n) is 7.11. The van der Waals surface area contributed by atoms with Crippen LogP contribution in [0.15, 0.2) is 53.1 Å². The topological polar surface area (TPSA) is 57.0 Å². The fourth-order valence-electron chi connectivity index (χ4n) is 3.92. The third-order valence-corrected chi connectivity index (χ3v) is 5.42. The molecule has 4 rings (SSSR count). The fourth-order valence-corrected chi connectivity index (χ4v) is 3.92. The first-order valence-electron chi connectivity index (χ1n) is 9.76. The van der Waals surface area contributed by atoms with E-state index in [1.54, 1.807) is 27.6 Å². The standard InChI is InChI=1S/C23H26N2O4/c1-26-18-8-6-16(7-9-18)23-24-17(15-29-23)14-25-12-4-5-21(25)20-11-10-19(27-2)13-22(20)28-3/h6-11,13,15,21H,4-5,12,14H2,1-3H3/t21-/m1/s1. The summed E-state index contributed by atoms with van der Waals surface area (Å²) in [7, 11) is 5.03. The maximum Gasteiger partial charge on any atom is 0.226 e. The number of benzene rings is 2. The number of ether oxygens (including phenoxy) is 3. The summed E-state index contributed by atoms with van der Waals surface area (Å²) in [5.41, 5.74) is 3.05. The van der Waals surface area contributed by atoms with Gasteiger partial charge in [-0.1, -0.05) is 6.07 Å². The number of methoxy groups -OCH3 is 3. The highest BCUT2D eigenvalue weighted by molar-refractivity contribution is 5.54. The minimum Gasteiger partial charge on any atom is -0.497 e. The molecule has 1 saturated heterocycles. The predicted octanol–water partition coefficient (Wildman–Crippen LogP) is 4.70. The van der Waals surface area contributed by atoms with Gasteiger partial charge in [0.25, 0.3) is 0 Å². The van der Waals surface area contributed by atoms with Crippen LogP contribution in [0.3, 0.4) is 0 Å². The van der Waals surface area contributed by atoms with Crippen molar-refractivity contribution in [3.63, 3.8) is 0 Å². The summed E-state index contributed by atoms with van der Waals surface area (Å²) in [6.45, 7) is 1.75. The molecule has 3 aromatic rings. The van der Waals surface area contributed by atoms with Gasteiger partial charge in [-0.2, -0.15) is 0 Å². The first-order chi connectivity index (χ1) is 14.2. The molecule has 1 atom stereocenters. The van der Waals surface area contributed by atoms with E-state index >= 15 is 0 Å². The monoisotopic (exact) mass is 394 g/mol. The van der Waals surface area contributed by atoms with Crippen molar-refractivity contribution in [3.05, 3.63) is 60.0 Å². The third-order valence-electron chi connectivity index (χ3n) is 5.42. The van der Waals surface area contributed by atoms with Gasteiger partial charge in [-0.3, -0.25) is 4.90 Å². The largest absolute Gasteiger partial charge is 0.497 e. The van der Waals surface area contributed by atoms with Gasteiger partial charge in [-0.15, -0.1) is 0 Å². The molecule has 1 aliphatic rings. The first kappa shape index (κ1) is 19.3. The highest BCUT2D eigenvalue weighted by atomic mass is 16.5. The lowest BCUT2D eigenvalue weighted by molar-refractivity contribution is 0.240. The van der Waals surface area contributed by atoms with Crippen LogP contribution in [0.4, 0.5) is 0 Å². The van der Waals surface area contributed by atoms with Crippen LogP contribution in [0, 0.1) is 0 Å². The maximum absolute atomic E-state index is 5.73. The van der Waals surface area contributed by atoms with Gasteiger partial charge in [0.2, 0.25) is 5.89 Å². The first-order valence-corrected chi connectivity index (χ1v) is 9.76. The molecule has 1 aromatic heterocycles. The van der Waals surface area contributed by atoms with E-state index in [1.807, 2.05) is 36.4 Å². The molecule has 1 aliphatic heterocycles. The molecule has 0 saturated carbocycles. The number of likely N-dealkylation sites (tertiary alicyclic amines) is 1. The van der Waals surface area contributed by atoms with E-state index in [-0.39, 0.29) is 6.04 Å². The van der Waals surface area contributed by atoms with Crippen LogP contribution in [0.2, 0.25) is 0 Å². The molecule has 0 spiro atoms. The molecule has 0 amide bonds. The second kappa shape index (κ2) is 8.57. The summed E-state index contributed by atoms with van der Waals surface area (Å²) in [6.07, 6.45) is 3.98. The van der Waals surface area contributed by atoms with E-state index in [9.17, 15) is 0 Å². The van der Waals surface area contributed by atoms with Gasteiger partial charge in [0, 0.05) is 29.8 Å². The molecule has 2 aromatic carbocycles. The quantitative estimate of drug-likeness (QED) is 0.579. The van der Waals surface area contributed by atoms with Crippen molar-refractivity contribution in [1.82, 2.24) is 9.88 Å². The Morgan fingerprint density at radius 1 is 1.00 bits per heavy atom. The van der Waals surface area contributed by atoms with Gasteiger partial charge in [-0.25, -0.2) is 4.98 Å². The molecule has 0 bridgehead atoms. The molecular weight excluding hydrogens is 368 g/mol.